The average Bonchev–Trinajstić information content (AvgIpc) is 2.43. The van der Waals surface area contributed by atoms with Crippen LogP contribution in [0.15, 0.2) is 18.2 Å². The fourth-order valence-electron chi connectivity index (χ4n) is 1.99. The molecule has 0 radical (unpaired) electrons. The molecule has 0 saturated carbocycles. The molecular formula is C15H18IN3O2. The molecule has 0 atom stereocenters. The maximum Gasteiger partial charge on any atom is 0.161 e. The third-order valence-electron chi connectivity index (χ3n) is 2.98. The van der Waals surface area contributed by atoms with Crippen molar-refractivity contribution in [2.75, 3.05) is 12.8 Å². The molecule has 3 N–H and O–H groups in total. The summed E-state index contributed by atoms with van der Waals surface area (Å²) in [6.45, 7) is 4.26. The molecule has 1 aromatic heterocycles. The normalized spacial score (nSPS) is 10.9. The van der Waals surface area contributed by atoms with Crippen molar-refractivity contribution >= 4 is 28.4 Å². The van der Waals surface area contributed by atoms with Gasteiger partial charge in [-0.2, -0.15) is 0 Å². The molecule has 21 heavy (non-hydrogen) atoms. The molecule has 0 saturated heterocycles. The lowest BCUT2D eigenvalue weighted by molar-refractivity contribution is 0.373. The molecule has 1 heterocycles. The number of nitrogens with two attached hydrogens (primary N) is 1. The lowest BCUT2D eigenvalue weighted by atomic mass is 10.1. The second kappa shape index (κ2) is 6.46. The Morgan fingerprint density at radius 2 is 2.05 bits per heavy atom. The number of nitrogens with zero attached hydrogens (tertiary/aromatic N) is 2. The van der Waals surface area contributed by atoms with E-state index in [9.17, 15) is 5.11 Å². The molecule has 2 aromatic rings. The van der Waals surface area contributed by atoms with E-state index in [4.69, 9.17) is 10.5 Å². The van der Waals surface area contributed by atoms with Crippen LogP contribution < -0.4 is 10.5 Å². The topological polar surface area (TPSA) is 81.3 Å². The fourth-order valence-corrected chi connectivity index (χ4v) is 2.45. The lowest BCUT2D eigenvalue weighted by Gasteiger charge is -2.11. The van der Waals surface area contributed by atoms with Gasteiger partial charge in [-0.1, -0.05) is 13.8 Å². The molecule has 112 valence electrons. The van der Waals surface area contributed by atoms with Crippen LogP contribution in [0.3, 0.4) is 0 Å². The molecule has 2 rings (SSSR count). The minimum Gasteiger partial charge on any atom is -0.504 e. The van der Waals surface area contributed by atoms with E-state index in [0.717, 1.165) is 15.7 Å². The first-order chi connectivity index (χ1) is 9.92. The first-order valence-electron chi connectivity index (χ1n) is 6.61. The number of nitrogen functional groups attached to an aromatic ring is 1. The summed E-state index contributed by atoms with van der Waals surface area (Å²) >= 11 is 2.17. The number of hydrogen-bond acceptors (Lipinski definition) is 5. The maximum absolute atomic E-state index is 9.88. The van der Waals surface area contributed by atoms with E-state index < -0.39 is 0 Å². The fraction of sp³-hybridized carbons (Fsp3) is 0.333. The molecule has 6 heteroatoms. The van der Waals surface area contributed by atoms with Crippen LogP contribution >= 0.6 is 22.6 Å². The largest absolute Gasteiger partial charge is 0.504 e. The summed E-state index contributed by atoms with van der Waals surface area (Å²) in [4.78, 5) is 8.90. The van der Waals surface area contributed by atoms with Gasteiger partial charge in [-0.25, -0.2) is 9.97 Å². The summed E-state index contributed by atoms with van der Waals surface area (Å²) in [6.07, 6.45) is 0.833. The van der Waals surface area contributed by atoms with Crippen molar-refractivity contribution in [3.05, 3.63) is 27.5 Å². The van der Waals surface area contributed by atoms with Gasteiger partial charge in [0, 0.05) is 5.56 Å². The summed E-state index contributed by atoms with van der Waals surface area (Å²) < 4.78 is 5.93. The number of rotatable bonds is 4. The number of halogens is 1. The SMILES string of the molecule is COc1ccc(-c2nc(N)c(I)c(CC(C)C)n2)cc1O. The third-order valence-corrected chi connectivity index (χ3v) is 4.16. The molecule has 0 aliphatic heterocycles. The number of benzene rings is 1. The summed E-state index contributed by atoms with van der Waals surface area (Å²) in [5, 5.41) is 9.88. The molecule has 0 spiro atoms. The smallest absolute Gasteiger partial charge is 0.161 e. The molecule has 0 aliphatic carbocycles. The predicted molar refractivity (Wildman–Crippen MR) is 91.4 cm³/mol. The van der Waals surface area contributed by atoms with Gasteiger partial charge < -0.3 is 15.6 Å². The zero-order chi connectivity index (χ0) is 15.6. The number of phenolic OH excluding ortho intramolecular Hbond substituents is 1. The highest BCUT2D eigenvalue weighted by Crippen LogP contribution is 2.31. The molecule has 0 bridgehead atoms. The van der Waals surface area contributed by atoms with Gasteiger partial charge >= 0.3 is 0 Å². The van der Waals surface area contributed by atoms with Gasteiger partial charge in [0.1, 0.15) is 5.82 Å². The minimum atomic E-state index is 0.0566. The number of methoxy groups -OCH3 is 1. The molecular weight excluding hydrogens is 381 g/mol. The van der Waals surface area contributed by atoms with E-state index in [1.807, 2.05) is 0 Å². The maximum atomic E-state index is 9.88. The van der Waals surface area contributed by atoms with Crippen molar-refractivity contribution in [2.24, 2.45) is 5.92 Å². The predicted octanol–water partition coefficient (Wildman–Crippen LogP) is 3.24. The zero-order valence-corrected chi connectivity index (χ0v) is 14.4. The highest BCUT2D eigenvalue weighted by molar-refractivity contribution is 14.1. The van der Waals surface area contributed by atoms with Crippen LogP contribution in [0.1, 0.15) is 19.5 Å². The summed E-state index contributed by atoms with van der Waals surface area (Å²) in [5.41, 5.74) is 7.63. The minimum absolute atomic E-state index is 0.0566. The van der Waals surface area contributed by atoms with E-state index in [-0.39, 0.29) is 5.75 Å². The van der Waals surface area contributed by atoms with Crippen LogP contribution in [0.2, 0.25) is 0 Å². The van der Waals surface area contributed by atoms with Gasteiger partial charge in [0.25, 0.3) is 0 Å². The first-order valence-corrected chi connectivity index (χ1v) is 7.69. The molecule has 0 aliphatic rings. The molecule has 0 fully saturated rings. The Kier molecular flexibility index (Phi) is 4.87. The van der Waals surface area contributed by atoms with Crippen molar-refractivity contribution in [2.45, 2.75) is 20.3 Å². The Morgan fingerprint density at radius 1 is 1.33 bits per heavy atom. The van der Waals surface area contributed by atoms with E-state index in [0.29, 0.717) is 28.9 Å². The quantitative estimate of drug-likeness (QED) is 0.772. The van der Waals surface area contributed by atoms with E-state index in [2.05, 4.69) is 46.4 Å². The van der Waals surface area contributed by atoms with Gasteiger partial charge in [-0.05, 0) is 53.1 Å². The van der Waals surface area contributed by atoms with Crippen molar-refractivity contribution in [1.29, 1.82) is 0 Å². The number of aromatic hydroxyl groups is 1. The Morgan fingerprint density at radius 3 is 2.62 bits per heavy atom. The Hall–Kier alpha value is -1.57. The molecule has 0 unspecified atom stereocenters. The van der Waals surface area contributed by atoms with Crippen LogP contribution in [0.5, 0.6) is 11.5 Å². The van der Waals surface area contributed by atoms with Crippen LogP contribution in [0.4, 0.5) is 5.82 Å². The van der Waals surface area contributed by atoms with Gasteiger partial charge in [0.05, 0.1) is 16.4 Å². The van der Waals surface area contributed by atoms with Crippen LogP contribution in [-0.4, -0.2) is 22.2 Å². The molecule has 1 aromatic carbocycles. The monoisotopic (exact) mass is 399 g/mol. The highest BCUT2D eigenvalue weighted by Gasteiger charge is 2.14. The van der Waals surface area contributed by atoms with Crippen molar-refractivity contribution < 1.29 is 9.84 Å². The second-order valence-corrected chi connectivity index (χ2v) is 6.26. The van der Waals surface area contributed by atoms with Gasteiger partial charge in [0.15, 0.2) is 17.3 Å². The number of aromatic nitrogens is 2. The lowest BCUT2D eigenvalue weighted by Crippen LogP contribution is -2.07. The van der Waals surface area contributed by atoms with Gasteiger partial charge in [0.2, 0.25) is 0 Å². The van der Waals surface area contributed by atoms with Crippen LogP contribution in [0, 0.1) is 9.49 Å². The van der Waals surface area contributed by atoms with Gasteiger partial charge in [-0.3, -0.25) is 0 Å². The third kappa shape index (κ3) is 3.55. The number of ether oxygens (including phenoxy) is 1. The summed E-state index contributed by atoms with van der Waals surface area (Å²) in [6, 6.07) is 5.07. The number of phenols is 1. The van der Waals surface area contributed by atoms with Gasteiger partial charge in [-0.15, -0.1) is 0 Å². The van der Waals surface area contributed by atoms with Crippen molar-refractivity contribution in [3.63, 3.8) is 0 Å². The Labute approximate surface area is 137 Å². The van der Waals surface area contributed by atoms with Crippen molar-refractivity contribution in [3.8, 4) is 22.9 Å². The zero-order valence-electron chi connectivity index (χ0n) is 12.2. The Bertz CT molecular complexity index is 660. The standard InChI is InChI=1S/C15H18IN3O2/c1-8(2)6-10-13(16)14(17)19-15(18-10)9-4-5-12(21-3)11(20)7-9/h4-5,7-8,20H,6H2,1-3H3,(H2,17,18,19). The Balaban J connectivity index is 2.49. The highest BCUT2D eigenvalue weighted by atomic mass is 127. The van der Waals surface area contributed by atoms with Crippen LogP contribution in [-0.2, 0) is 6.42 Å². The summed E-state index contributed by atoms with van der Waals surface area (Å²) in [7, 11) is 1.51. The van der Waals surface area contributed by atoms with E-state index >= 15 is 0 Å². The van der Waals surface area contributed by atoms with E-state index in [1.165, 1.54) is 7.11 Å². The number of hydrogen-bond donors (Lipinski definition) is 2. The number of anilines is 1. The van der Waals surface area contributed by atoms with E-state index in [1.54, 1.807) is 18.2 Å². The second-order valence-electron chi connectivity index (χ2n) is 5.18. The molecule has 0 amide bonds. The molecule has 5 nitrogen and oxygen atoms in total. The van der Waals surface area contributed by atoms with Crippen molar-refractivity contribution in [1.82, 2.24) is 9.97 Å². The summed E-state index contributed by atoms with van der Waals surface area (Å²) in [5.74, 6) is 1.93. The first kappa shape index (κ1) is 15.8. The average molecular weight is 399 g/mol. The van der Waals surface area contributed by atoms with Crippen LogP contribution in [0.25, 0.3) is 11.4 Å².